The maximum atomic E-state index is 12.7. The minimum absolute atomic E-state index is 0.0645. The Hall–Kier alpha value is -3.92. The number of hydrogen-bond donors (Lipinski definition) is 3. The van der Waals surface area contributed by atoms with Gasteiger partial charge in [0.25, 0.3) is 5.91 Å². The van der Waals surface area contributed by atoms with E-state index in [4.69, 9.17) is 16.7 Å². The molecule has 0 fully saturated rings. The molecule has 2 heterocycles. The number of pyridine rings is 1. The number of carbonyl (C=O) groups is 1. The summed E-state index contributed by atoms with van der Waals surface area (Å²) in [7, 11) is -3.72. The SMILES string of the molecule is Cc1ccc(Cl)cc1CN1CCNc2ncc(-c3ccc(C(=O)NCCc4ccc(S(N)(=O)=O)cc4)cc3)cc21. The fraction of sp³-hybridized carbons (Fsp3) is 0.200. The van der Waals surface area contributed by atoms with Gasteiger partial charge in [-0.1, -0.05) is 41.9 Å². The second kappa shape index (κ2) is 11.7. The summed E-state index contributed by atoms with van der Waals surface area (Å²) in [6.45, 7) is 4.90. The fourth-order valence-corrected chi connectivity index (χ4v) is 5.39. The highest BCUT2D eigenvalue weighted by atomic mass is 35.5. The minimum atomic E-state index is -3.72. The number of halogens is 1. The van der Waals surface area contributed by atoms with Crippen molar-refractivity contribution >= 4 is 39.0 Å². The Labute approximate surface area is 239 Å². The van der Waals surface area contributed by atoms with Crippen molar-refractivity contribution < 1.29 is 13.2 Å². The van der Waals surface area contributed by atoms with Gasteiger partial charge in [-0.05, 0) is 78.1 Å². The number of aromatic nitrogens is 1. The van der Waals surface area contributed by atoms with Crippen molar-refractivity contribution in [2.24, 2.45) is 5.14 Å². The second-order valence-electron chi connectivity index (χ2n) is 9.78. The Bertz CT molecular complexity index is 1640. The lowest BCUT2D eigenvalue weighted by molar-refractivity contribution is 0.0954. The predicted molar refractivity (Wildman–Crippen MR) is 159 cm³/mol. The number of sulfonamides is 1. The quantitative estimate of drug-likeness (QED) is 0.279. The van der Waals surface area contributed by atoms with Crippen LogP contribution in [-0.2, 0) is 23.0 Å². The van der Waals surface area contributed by atoms with Crippen molar-refractivity contribution in [2.75, 3.05) is 29.9 Å². The summed E-state index contributed by atoms with van der Waals surface area (Å²) >= 11 is 6.26. The third-order valence-electron chi connectivity index (χ3n) is 6.99. The molecule has 1 amide bonds. The van der Waals surface area contributed by atoms with Gasteiger partial charge < -0.3 is 15.5 Å². The first-order valence-electron chi connectivity index (χ1n) is 12.9. The highest BCUT2D eigenvalue weighted by molar-refractivity contribution is 7.89. The molecule has 3 aromatic carbocycles. The van der Waals surface area contributed by atoms with E-state index < -0.39 is 10.0 Å². The van der Waals surface area contributed by atoms with Crippen LogP contribution >= 0.6 is 11.6 Å². The van der Waals surface area contributed by atoms with E-state index in [-0.39, 0.29) is 10.8 Å². The molecule has 8 nitrogen and oxygen atoms in total. The summed E-state index contributed by atoms with van der Waals surface area (Å²) in [5.41, 5.74) is 6.79. The third kappa shape index (κ3) is 6.44. The smallest absolute Gasteiger partial charge is 0.251 e. The van der Waals surface area contributed by atoms with E-state index in [2.05, 4.69) is 33.5 Å². The molecule has 10 heteroatoms. The Morgan fingerprint density at radius 1 is 1.05 bits per heavy atom. The van der Waals surface area contributed by atoms with Gasteiger partial charge in [-0.2, -0.15) is 0 Å². The average Bonchev–Trinajstić information content (AvgIpc) is 2.95. The Kier molecular flexibility index (Phi) is 8.07. The van der Waals surface area contributed by atoms with E-state index in [0.717, 1.165) is 52.9 Å². The van der Waals surface area contributed by atoms with Gasteiger partial charge in [-0.25, -0.2) is 18.5 Å². The molecule has 1 aliphatic rings. The number of fused-ring (bicyclic) bond motifs is 1. The van der Waals surface area contributed by atoms with Crippen molar-refractivity contribution in [1.82, 2.24) is 10.3 Å². The molecule has 0 unspecified atom stereocenters. The Morgan fingerprint density at radius 2 is 1.80 bits per heavy atom. The average molecular weight is 576 g/mol. The lowest BCUT2D eigenvalue weighted by Crippen LogP contribution is -2.34. The Balaban J connectivity index is 1.24. The van der Waals surface area contributed by atoms with E-state index in [1.807, 2.05) is 36.5 Å². The Morgan fingerprint density at radius 3 is 2.52 bits per heavy atom. The summed E-state index contributed by atoms with van der Waals surface area (Å²) < 4.78 is 22.8. The first kappa shape index (κ1) is 27.6. The molecule has 0 saturated carbocycles. The summed E-state index contributed by atoms with van der Waals surface area (Å²) in [6, 6.07) is 21.9. The highest BCUT2D eigenvalue weighted by Crippen LogP contribution is 2.33. The van der Waals surface area contributed by atoms with Gasteiger partial charge in [-0.15, -0.1) is 0 Å². The van der Waals surface area contributed by atoms with Crippen LogP contribution in [0.25, 0.3) is 11.1 Å². The third-order valence-corrected chi connectivity index (χ3v) is 8.15. The number of nitrogens with two attached hydrogens (primary N) is 1. The van der Waals surface area contributed by atoms with Crippen molar-refractivity contribution in [2.45, 2.75) is 24.8 Å². The lowest BCUT2D eigenvalue weighted by atomic mass is 10.0. The maximum Gasteiger partial charge on any atom is 0.251 e. The van der Waals surface area contributed by atoms with Crippen molar-refractivity contribution in [1.29, 1.82) is 0 Å². The van der Waals surface area contributed by atoms with Crippen LogP contribution < -0.4 is 20.7 Å². The number of aryl methyl sites for hydroxylation is 1. The van der Waals surface area contributed by atoms with Crippen molar-refractivity contribution in [3.63, 3.8) is 0 Å². The van der Waals surface area contributed by atoms with Crippen molar-refractivity contribution in [3.8, 4) is 11.1 Å². The van der Waals surface area contributed by atoms with E-state index in [0.29, 0.717) is 18.5 Å². The van der Waals surface area contributed by atoms with Gasteiger partial charge in [-0.3, -0.25) is 4.79 Å². The fourth-order valence-electron chi connectivity index (χ4n) is 4.68. The molecule has 0 radical (unpaired) electrons. The van der Waals surface area contributed by atoms with E-state index in [1.165, 1.54) is 23.3 Å². The zero-order valence-corrected chi connectivity index (χ0v) is 23.6. The number of rotatable bonds is 8. The molecule has 5 rings (SSSR count). The largest absolute Gasteiger partial charge is 0.367 e. The van der Waals surface area contributed by atoms with Crippen LogP contribution in [0.15, 0.2) is 83.9 Å². The normalized spacial score (nSPS) is 12.9. The maximum absolute atomic E-state index is 12.7. The highest BCUT2D eigenvalue weighted by Gasteiger charge is 2.20. The first-order chi connectivity index (χ1) is 19.2. The molecule has 0 spiro atoms. The number of benzene rings is 3. The number of nitrogens with one attached hydrogen (secondary N) is 2. The summed E-state index contributed by atoms with van der Waals surface area (Å²) in [6.07, 6.45) is 2.41. The molecule has 0 atom stereocenters. The molecule has 1 aromatic heterocycles. The van der Waals surface area contributed by atoms with Gasteiger partial charge in [0.15, 0.2) is 0 Å². The summed E-state index contributed by atoms with van der Waals surface area (Å²) in [5.74, 6) is 0.675. The number of amides is 1. The topological polar surface area (TPSA) is 117 Å². The number of nitrogens with zero attached hydrogens (tertiary/aromatic N) is 2. The molecule has 206 valence electrons. The number of hydrogen-bond acceptors (Lipinski definition) is 6. The van der Waals surface area contributed by atoms with Crippen LogP contribution in [0, 0.1) is 6.92 Å². The van der Waals surface area contributed by atoms with E-state index in [9.17, 15) is 13.2 Å². The number of anilines is 2. The molecule has 1 aliphatic heterocycles. The van der Waals surface area contributed by atoms with Crippen LogP contribution in [0.4, 0.5) is 11.5 Å². The van der Waals surface area contributed by atoms with E-state index >= 15 is 0 Å². The molecule has 0 aliphatic carbocycles. The van der Waals surface area contributed by atoms with Crippen LogP contribution in [0.2, 0.25) is 5.02 Å². The molecule has 4 N–H and O–H groups in total. The molecule has 0 bridgehead atoms. The zero-order chi connectivity index (χ0) is 28.3. The molecule has 4 aromatic rings. The summed E-state index contributed by atoms with van der Waals surface area (Å²) in [5, 5.41) is 12.2. The molecular weight excluding hydrogens is 546 g/mol. The first-order valence-corrected chi connectivity index (χ1v) is 14.8. The van der Waals surface area contributed by atoms with Gasteiger partial charge in [0.2, 0.25) is 10.0 Å². The molecule has 0 saturated heterocycles. The number of primary sulfonamides is 1. The molecular formula is C30H30ClN5O3S. The van der Waals surface area contributed by atoms with Gasteiger partial charge in [0.1, 0.15) is 5.82 Å². The lowest BCUT2D eigenvalue weighted by Gasteiger charge is -2.32. The van der Waals surface area contributed by atoms with E-state index in [1.54, 1.807) is 24.3 Å². The monoisotopic (exact) mass is 575 g/mol. The zero-order valence-electron chi connectivity index (χ0n) is 22.0. The second-order valence-corrected chi connectivity index (χ2v) is 11.8. The standard InChI is InChI=1S/C30H30ClN5O3S/c1-20-2-9-26(31)16-25(20)19-36-15-14-33-29-28(36)17-24(18-35-29)22-5-7-23(8-6-22)30(37)34-13-12-21-3-10-27(11-4-21)40(32,38)39/h2-11,16-18H,12-15,19H2,1H3,(H,33,35)(H,34,37)(H2,32,38,39). The van der Waals surface area contributed by atoms with Gasteiger partial charge in [0, 0.05) is 48.5 Å². The minimum Gasteiger partial charge on any atom is -0.367 e. The van der Waals surface area contributed by atoms with Crippen molar-refractivity contribution in [3.05, 3.63) is 106 Å². The van der Waals surface area contributed by atoms with Crippen LogP contribution in [0.5, 0.6) is 0 Å². The summed E-state index contributed by atoms with van der Waals surface area (Å²) in [4.78, 5) is 19.7. The predicted octanol–water partition coefficient (Wildman–Crippen LogP) is 4.76. The number of carbonyl (C=O) groups excluding carboxylic acids is 1. The van der Waals surface area contributed by atoms with Crippen LogP contribution in [-0.4, -0.2) is 38.9 Å². The van der Waals surface area contributed by atoms with Crippen LogP contribution in [0.1, 0.15) is 27.0 Å². The van der Waals surface area contributed by atoms with Gasteiger partial charge in [0.05, 0.1) is 10.6 Å². The van der Waals surface area contributed by atoms with Gasteiger partial charge >= 0.3 is 0 Å². The van der Waals surface area contributed by atoms with Crippen LogP contribution in [0.3, 0.4) is 0 Å². The molecule has 40 heavy (non-hydrogen) atoms.